The van der Waals surface area contributed by atoms with Crippen molar-refractivity contribution in [3.8, 4) is 0 Å². The van der Waals surface area contributed by atoms with E-state index in [2.05, 4.69) is 0 Å². The van der Waals surface area contributed by atoms with Gasteiger partial charge in [-0.15, -0.1) is 0 Å². The van der Waals surface area contributed by atoms with Crippen LogP contribution in [-0.2, 0) is 21.3 Å². The molecule has 0 spiro atoms. The standard InChI is InChI=1S/C25H28N2O4S/c1-18-11-10-16-26(24(28)31-25(2,3)4)17-21-20-14-8-9-15-22(20)27(23(18)21)32(29,30)19-12-6-5-7-13-19/h5-15,18H,16-17H2,1-4H3/b11-10-. The highest BCUT2D eigenvalue weighted by atomic mass is 32.2. The summed E-state index contributed by atoms with van der Waals surface area (Å²) in [5.41, 5.74) is 1.47. The van der Waals surface area contributed by atoms with E-state index in [1.807, 2.05) is 64.1 Å². The average Bonchev–Trinajstić information content (AvgIpc) is 3.05. The molecule has 7 heteroatoms. The quantitative estimate of drug-likeness (QED) is 0.496. The number of nitrogens with zero attached hydrogens (tertiary/aromatic N) is 2. The average molecular weight is 453 g/mol. The Bertz CT molecular complexity index is 1280. The van der Waals surface area contributed by atoms with Crippen LogP contribution in [0.15, 0.2) is 71.6 Å². The molecule has 1 aliphatic rings. The maximum atomic E-state index is 13.8. The topological polar surface area (TPSA) is 68.6 Å². The number of benzene rings is 2. The van der Waals surface area contributed by atoms with E-state index in [-0.39, 0.29) is 17.4 Å². The van der Waals surface area contributed by atoms with Crippen LogP contribution in [0.5, 0.6) is 0 Å². The van der Waals surface area contributed by atoms with Crippen LogP contribution in [0.2, 0.25) is 0 Å². The Morgan fingerprint density at radius 3 is 2.38 bits per heavy atom. The lowest BCUT2D eigenvalue weighted by Gasteiger charge is -2.28. The van der Waals surface area contributed by atoms with Gasteiger partial charge in [-0.2, -0.15) is 0 Å². The number of hydrogen-bond acceptors (Lipinski definition) is 4. The molecule has 1 aliphatic heterocycles. The van der Waals surface area contributed by atoms with Crippen LogP contribution in [0.4, 0.5) is 4.79 Å². The fourth-order valence-electron chi connectivity index (χ4n) is 4.08. The Hall–Kier alpha value is -3.06. The summed E-state index contributed by atoms with van der Waals surface area (Å²) < 4.78 is 34.6. The predicted octanol–water partition coefficient (Wildman–Crippen LogP) is 5.29. The van der Waals surface area contributed by atoms with E-state index >= 15 is 0 Å². The van der Waals surface area contributed by atoms with Crippen molar-refractivity contribution in [3.05, 3.63) is 78.0 Å². The summed E-state index contributed by atoms with van der Waals surface area (Å²) in [6, 6.07) is 15.9. The van der Waals surface area contributed by atoms with Gasteiger partial charge < -0.3 is 9.64 Å². The van der Waals surface area contributed by atoms with Crippen molar-refractivity contribution in [1.82, 2.24) is 8.87 Å². The SMILES string of the molecule is CC1/C=C\CN(C(=O)OC(C)(C)C)Cc2c1n(S(=O)(=O)c1ccccc1)c1ccccc21. The molecule has 1 amide bonds. The maximum absolute atomic E-state index is 13.8. The Labute approximate surface area is 189 Å². The van der Waals surface area contributed by atoms with Gasteiger partial charge in [-0.25, -0.2) is 17.2 Å². The number of allylic oxidation sites excluding steroid dienone is 1. The molecular weight excluding hydrogens is 424 g/mol. The van der Waals surface area contributed by atoms with Gasteiger partial charge >= 0.3 is 6.09 Å². The molecular formula is C25H28N2O4S. The van der Waals surface area contributed by atoms with Crippen LogP contribution in [-0.4, -0.2) is 35.5 Å². The summed E-state index contributed by atoms with van der Waals surface area (Å²) in [5, 5.41) is 0.817. The van der Waals surface area contributed by atoms with E-state index in [1.165, 1.54) is 3.97 Å². The van der Waals surface area contributed by atoms with Gasteiger partial charge in [-0.3, -0.25) is 0 Å². The lowest BCUT2D eigenvalue weighted by atomic mass is 9.99. The number of fused-ring (bicyclic) bond motifs is 3. The fourth-order valence-corrected chi connectivity index (χ4v) is 5.75. The highest BCUT2D eigenvalue weighted by molar-refractivity contribution is 7.90. The van der Waals surface area contributed by atoms with Gasteiger partial charge in [-0.1, -0.05) is 55.5 Å². The summed E-state index contributed by atoms with van der Waals surface area (Å²) >= 11 is 0. The molecule has 0 N–H and O–H groups in total. The first-order chi connectivity index (χ1) is 15.1. The molecule has 0 radical (unpaired) electrons. The van der Waals surface area contributed by atoms with Crippen LogP contribution >= 0.6 is 0 Å². The Kier molecular flexibility index (Phi) is 5.63. The number of para-hydroxylation sites is 1. The monoisotopic (exact) mass is 452 g/mol. The summed E-state index contributed by atoms with van der Waals surface area (Å²) in [5.74, 6) is -0.156. The van der Waals surface area contributed by atoms with Gasteiger partial charge in [0.15, 0.2) is 0 Å². The summed E-state index contributed by atoms with van der Waals surface area (Å²) in [6.45, 7) is 8.12. The predicted molar refractivity (Wildman–Crippen MR) is 125 cm³/mol. The van der Waals surface area contributed by atoms with Crippen LogP contribution in [0.25, 0.3) is 10.9 Å². The summed E-state index contributed by atoms with van der Waals surface area (Å²) in [7, 11) is -3.84. The fraction of sp³-hybridized carbons (Fsp3) is 0.320. The molecule has 3 aromatic rings. The van der Waals surface area contributed by atoms with Gasteiger partial charge in [0.25, 0.3) is 10.0 Å². The number of carbonyl (C=O) groups is 1. The van der Waals surface area contributed by atoms with Crippen molar-refractivity contribution in [2.45, 2.75) is 50.7 Å². The molecule has 0 bridgehead atoms. The lowest BCUT2D eigenvalue weighted by molar-refractivity contribution is 0.0256. The second-order valence-corrected chi connectivity index (χ2v) is 10.8. The van der Waals surface area contributed by atoms with E-state index in [0.29, 0.717) is 17.8 Å². The van der Waals surface area contributed by atoms with Crippen molar-refractivity contribution < 1.29 is 17.9 Å². The number of ether oxygens (including phenoxy) is 1. The van der Waals surface area contributed by atoms with Gasteiger partial charge in [-0.05, 0) is 39.0 Å². The highest BCUT2D eigenvalue weighted by Crippen LogP contribution is 2.37. The minimum atomic E-state index is -3.84. The Morgan fingerprint density at radius 2 is 1.69 bits per heavy atom. The third kappa shape index (κ3) is 4.05. The van der Waals surface area contributed by atoms with E-state index in [1.54, 1.807) is 35.2 Å². The first-order valence-electron chi connectivity index (χ1n) is 10.7. The molecule has 1 aromatic heterocycles. The van der Waals surface area contributed by atoms with E-state index in [4.69, 9.17) is 4.74 Å². The highest BCUT2D eigenvalue weighted by Gasteiger charge is 2.32. The molecule has 0 saturated carbocycles. The van der Waals surface area contributed by atoms with E-state index in [0.717, 1.165) is 10.9 Å². The van der Waals surface area contributed by atoms with Crippen molar-refractivity contribution in [2.75, 3.05) is 6.54 Å². The van der Waals surface area contributed by atoms with Gasteiger partial charge in [0.2, 0.25) is 0 Å². The largest absolute Gasteiger partial charge is 0.444 e. The molecule has 168 valence electrons. The van der Waals surface area contributed by atoms with E-state index in [9.17, 15) is 13.2 Å². The van der Waals surface area contributed by atoms with Gasteiger partial charge in [0.1, 0.15) is 5.60 Å². The third-order valence-corrected chi connectivity index (χ3v) is 7.18. The van der Waals surface area contributed by atoms with Crippen molar-refractivity contribution in [2.24, 2.45) is 0 Å². The lowest BCUT2D eigenvalue weighted by Crippen LogP contribution is -2.37. The third-order valence-electron chi connectivity index (χ3n) is 5.44. The van der Waals surface area contributed by atoms with Crippen LogP contribution in [0.3, 0.4) is 0 Å². The number of amides is 1. The normalized spacial score (nSPS) is 18.0. The zero-order chi connectivity index (χ0) is 23.1. The number of aromatic nitrogens is 1. The smallest absolute Gasteiger partial charge is 0.410 e. The van der Waals surface area contributed by atoms with Gasteiger partial charge in [0, 0.05) is 29.1 Å². The molecule has 1 atom stereocenters. The zero-order valence-corrected chi connectivity index (χ0v) is 19.6. The van der Waals surface area contributed by atoms with Crippen molar-refractivity contribution in [3.63, 3.8) is 0 Å². The van der Waals surface area contributed by atoms with Crippen molar-refractivity contribution >= 4 is 27.0 Å². The Balaban J connectivity index is 1.93. The number of carbonyl (C=O) groups excluding carboxylic acids is 1. The van der Waals surface area contributed by atoms with E-state index < -0.39 is 21.7 Å². The summed E-state index contributed by atoms with van der Waals surface area (Å²) in [6.07, 6.45) is 3.42. The zero-order valence-electron chi connectivity index (χ0n) is 18.8. The first kappa shape index (κ1) is 22.1. The molecule has 2 heterocycles. The second-order valence-electron chi connectivity index (χ2n) is 9.04. The molecule has 0 fully saturated rings. The minimum absolute atomic E-state index is 0.156. The second kappa shape index (κ2) is 8.13. The van der Waals surface area contributed by atoms with Gasteiger partial charge in [0.05, 0.1) is 17.0 Å². The molecule has 1 unspecified atom stereocenters. The number of rotatable bonds is 2. The molecule has 6 nitrogen and oxygen atoms in total. The summed E-state index contributed by atoms with van der Waals surface area (Å²) in [4.78, 5) is 14.7. The molecule has 0 saturated heterocycles. The first-order valence-corrected chi connectivity index (χ1v) is 12.1. The molecule has 4 rings (SSSR count). The maximum Gasteiger partial charge on any atom is 0.410 e. The van der Waals surface area contributed by atoms with Crippen LogP contribution in [0, 0.1) is 0 Å². The van der Waals surface area contributed by atoms with Crippen LogP contribution in [0.1, 0.15) is 44.9 Å². The molecule has 32 heavy (non-hydrogen) atoms. The molecule has 0 aliphatic carbocycles. The Morgan fingerprint density at radius 1 is 1.03 bits per heavy atom. The number of hydrogen-bond donors (Lipinski definition) is 0. The van der Waals surface area contributed by atoms with Crippen molar-refractivity contribution in [1.29, 1.82) is 0 Å². The van der Waals surface area contributed by atoms with Crippen LogP contribution < -0.4 is 0 Å². The molecule has 2 aromatic carbocycles. The minimum Gasteiger partial charge on any atom is -0.444 e.